The van der Waals surface area contributed by atoms with E-state index < -0.39 is 12.1 Å². The van der Waals surface area contributed by atoms with Gasteiger partial charge in [-0.3, -0.25) is 4.68 Å². The summed E-state index contributed by atoms with van der Waals surface area (Å²) < 4.78 is 6.44. The lowest BCUT2D eigenvalue weighted by atomic mass is 10.1. The second kappa shape index (κ2) is 6.06. The van der Waals surface area contributed by atoms with Crippen LogP contribution in [0.15, 0.2) is 6.20 Å². The van der Waals surface area contributed by atoms with E-state index in [1.165, 1.54) is 13.3 Å². The number of carboxylic acids is 1. The Morgan fingerprint density at radius 1 is 1.57 bits per heavy atom. The van der Waals surface area contributed by atoms with Crippen molar-refractivity contribution in [2.75, 3.05) is 25.6 Å². The van der Waals surface area contributed by atoms with Gasteiger partial charge in [-0.1, -0.05) is 0 Å². The third-order valence-electron chi connectivity index (χ3n) is 3.13. The number of carboxylic acid groups (broad SMARTS) is 1. The predicted octanol–water partition coefficient (Wildman–Crippen LogP) is 0.394. The van der Waals surface area contributed by atoms with Crippen LogP contribution in [0.25, 0.3) is 11.0 Å². The van der Waals surface area contributed by atoms with Crippen LogP contribution in [-0.2, 0) is 11.8 Å². The van der Waals surface area contributed by atoms with Crippen LogP contribution in [0.3, 0.4) is 0 Å². The van der Waals surface area contributed by atoms with Crippen molar-refractivity contribution in [1.29, 1.82) is 0 Å². The SMILES string of the molecule is COCC(O)CNc1c(C(=O)O)cnc2c1c(C)nn2C. The fourth-order valence-corrected chi connectivity index (χ4v) is 2.23. The number of aromatic nitrogens is 3. The number of aliphatic hydroxyl groups is 1. The Morgan fingerprint density at radius 3 is 2.90 bits per heavy atom. The van der Waals surface area contributed by atoms with Crippen molar-refractivity contribution < 1.29 is 19.7 Å². The van der Waals surface area contributed by atoms with E-state index >= 15 is 0 Å². The van der Waals surface area contributed by atoms with E-state index in [1.807, 2.05) is 0 Å². The molecule has 0 radical (unpaired) electrons. The molecule has 0 aliphatic rings. The van der Waals surface area contributed by atoms with Gasteiger partial charge in [-0.2, -0.15) is 5.10 Å². The van der Waals surface area contributed by atoms with E-state index in [1.54, 1.807) is 18.7 Å². The topological polar surface area (TPSA) is 110 Å². The monoisotopic (exact) mass is 294 g/mol. The lowest BCUT2D eigenvalue weighted by molar-refractivity contribution is 0.0693. The highest BCUT2D eigenvalue weighted by atomic mass is 16.5. The fourth-order valence-electron chi connectivity index (χ4n) is 2.23. The molecular weight excluding hydrogens is 276 g/mol. The Kier molecular flexibility index (Phi) is 4.39. The minimum Gasteiger partial charge on any atom is -0.478 e. The number of nitrogens with zero attached hydrogens (tertiary/aromatic N) is 3. The first kappa shape index (κ1) is 15.2. The maximum atomic E-state index is 11.4. The highest BCUT2D eigenvalue weighted by molar-refractivity contribution is 6.04. The molecular formula is C13H18N4O4. The molecule has 21 heavy (non-hydrogen) atoms. The van der Waals surface area contributed by atoms with E-state index in [2.05, 4.69) is 15.4 Å². The molecule has 0 aliphatic carbocycles. The number of aliphatic hydroxyl groups excluding tert-OH is 1. The summed E-state index contributed by atoms with van der Waals surface area (Å²) in [6.07, 6.45) is 0.549. The molecule has 0 saturated carbocycles. The number of nitrogens with one attached hydrogen (secondary N) is 1. The second-order valence-corrected chi connectivity index (χ2v) is 4.75. The zero-order chi connectivity index (χ0) is 15.6. The molecule has 0 bridgehead atoms. The number of anilines is 1. The predicted molar refractivity (Wildman–Crippen MR) is 76.6 cm³/mol. The van der Waals surface area contributed by atoms with Gasteiger partial charge in [0, 0.05) is 26.9 Å². The number of fused-ring (bicyclic) bond motifs is 1. The Hall–Kier alpha value is -2.19. The van der Waals surface area contributed by atoms with Crippen molar-refractivity contribution in [3.63, 3.8) is 0 Å². The third-order valence-corrected chi connectivity index (χ3v) is 3.13. The first-order valence-corrected chi connectivity index (χ1v) is 6.42. The van der Waals surface area contributed by atoms with Crippen molar-refractivity contribution in [3.8, 4) is 0 Å². The van der Waals surface area contributed by atoms with Gasteiger partial charge in [-0.25, -0.2) is 9.78 Å². The van der Waals surface area contributed by atoms with Gasteiger partial charge in [0.25, 0.3) is 0 Å². The maximum absolute atomic E-state index is 11.4. The summed E-state index contributed by atoms with van der Waals surface area (Å²) in [4.78, 5) is 15.5. The van der Waals surface area contributed by atoms with Gasteiger partial charge in [0.1, 0.15) is 5.56 Å². The van der Waals surface area contributed by atoms with Crippen molar-refractivity contribution in [2.24, 2.45) is 7.05 Å². The number of pyridine rings is 1. The molecule has 0 saturated heterocycles. The molecule has 2 aromatic heterocycles. The van der Waals surface area contributed by atoms with Gasteiger partial charge in [0.05, 0.1) is 29.5 Å². The zero-order valence-electron chi connectivity index (χ0n) is 12.1. The smallest absolute Gasteiger partial charge is 0.339 e. The van der Waals surface area contributed by atoms with Gasteiger partial charge >= 0.3 is 5.97 Å². The molecule has 8 nitrogen and oxygen atoms in total. The number of ether oxygens (including phenoxy) is 1. The number of hydrogen-bond acceptors (Lipinski definition) is 6. The van der Waals surface area contributed by atoms with Gasteiger partial charge in [-0.05, 0) is 6.92 Å². The minimum atomic E-state index is -1.09. The maximum Gasteiger partial charge on any atom is 0.339 e. The summed E-state index contributed by atoms with van der Waals surface area (Å²) in [5, 5.41) is 26.9. The Bertz CT molecular complexity index is 668. The highest BCUT2D eigenvalue weighted by Crippen LogP contribution is 2.28. The van der Waals surface area contributed by atoms with Crippen molar-refractivity contribution in [1.82, 2.24) is 14.8 Å². The number of hydrogen-bond donors (Lipinski definition) is 3. The Labute approximate surface area is 121 Å². The molecule has 2 heterocycles. The molecule has 2 aromatic rings. The van der Waals surface area contributed by atoms with Crippen molar-refractivity contribution in [3.05, 3.63) is 17.5 Å². The number of methoxy groups -OCH3 is 1. The van der Waals surface area contributed by atoms with E-state index in [0.29, 0.717) is 22.4 Å². The largest absolute Gasteiger partial charge is 0.478 e. The van der Waals surface area contributed by atoms with Crippen LogP contribution in [-0.4, -0.2) is 57.3 Å². The summed E-state index contributed by atoms with van der Waals surface area (Å²) in [5.41, 5.74) is 1.71. The summed E-state index contributed by atoms with van der Waals surface area (Å²) in [5.74, 6) is -1.09. The second-order valence-electron chi connectivity index (χ2n) is 4.75. The lowest BCUT2D eigenvalue weighted by Gasteiger charge is -2.14. The van der Waals surface area contributed by atoms with Gasteiger partial charge in [-0.15, -0.1) is 0 Å². The van der Waals surface area contributed by atoms with Gasteiger partial charge in [0.15, 0.2) is 5.65 Å². The van der Waals surface area contributed by atoms with Crippen LogP contribution >= 0.6 is 0 Å². The van der Waals surface area contributed by atoms with Crippen LogP contribution in [0.2, 0.25) is 0 Å². The van der Waals surface area contributed by atoms with Crippen LogP contribution in [0.4, 0.5) is 5.69 Å². The minimum absolute atomic E-state index is 0.0446. The number of carbonyl (C=O) groups is 1. The van der Waals surface area contributed by atoms with Gasteiger partial charge in [0.2, 0.25) is 0 Å². The van der Waals surface area contributed by atoms with E-state index in [-0.39, 0.29) is 18.7 Å². The molecule has 0 spiro atoms. The molecule has 1 unspecified atom stereocenters. The Balaban J connectivity index is 2.46. The standard InChI is InChI=1S/C13H18N4O4/c1-7-10-11(14-4-8(18)6-21-3)9(13(19)20)5-15-12(10)17(2)16-7/h5,8,18H,4,6H2,1-3H3,(H,14,15)(H,19,20). The summed E-state index contributed by atoms with van der Waals surface area (Å²) >= 11 is 0. The molecule has 1 atom stereocenters. The average Bonchev–Trinajstić information content (AvgIpc) is 2.71. The summed E-state index contributed by atoms with van der Waals surface area (Å²) in [6, 6.07) is 0. The van der Waals surface area contributed by atoms with Crippen LogP contribution in [0.5, 0.6) is 0 Å². The van der Waals surface area contributed by atoms with Crippen molar-refractivity contribution in [2.45, 2.75) is 13.0 Å². The van der Waals surface area contributed by atoms with Crippen molar-refractivity contribution >= 4 is 22.7 Å². The number of aromatic carboxylic acids is 1. The van der Waals surface area contributed by atoms with E-state index in [4.69, 9.17) is 4.74 Å². The summed E-state index contributed by atoms with van der Waals surface area (Å²) in [7, 11) is 3.23. The molecule has 2 rings (SSSR count). The molecule has 8 heteroatoms. The molecule has 3 N–H and O–H groups in total. The van der Waals surface area contributed by atoms with Crippen LogP contribution < -0.4 is 5.32 Å². The van der Waals surface area contributed by atoms with Crippen LogP contribution in [0.1, 0.15) is 16.1 Å². The molecule has 0 aliphatic heterocycles. The average molecular weight is 294 g/mol. The first-order chi connectivity index (χ1) is 9.95. The molecule has 0 amide bonds. The fraction of sp³-hybridized carbons (Fsp3) is 0.462. The zero-order valence-corrected chi connectivity index (χ0v) is 12.1. The van der Waals surface area contributed by atoms with E-state index in [9.17, 15) is 15.0 Å². The highest BCUT2D eigenvalue weighted by Gasteiger charge is 2.19. The van der Waals surface area contributed by atoms with Gasteiger partial charge < -0.3 is 20.3 Å². The quantitative estimate of drug-likeness (QED) is 0.707. The third kappa shape index (κ3) is 2.96. The van der Waals surface area contributed by atoms with E-state index in [0.717, 1.165) is 0 Å². The van der Waals surface area contributed by atoms with Crippen LogP contribution in [0, 0.1) is 6.92 Å². The molecule has 0 fully saturated rings. The number of rotatable bonds is 6. The first-order valence-electron chi connectivity index (χ1n) is 6.42. The molecule has 114 valence electrons. The number of aryl methyl sites for hydroxylation is 2. The molecule has 0 aromatic carbocycles. The lowest BCUT2D eigenvalue weighted by Crippen LogP contribution is -2.25. The normalized spacial score (nSPS) is 12.6. The Morgan fingerprint density at radius 2 is 2.29 bits per heavy atom. The summed E-state index contributed by atoms with van der Waals surface area (Å²) in [6.45, 7) is 2.11.